The van der Waals surface area contributed by atoms with Gasteiger partial charge in [-0.25, -0.2) is 0 Å². The Morgan fingerprint density at radius 3 is 2.36 bits per heavy atom. The van der Waals surface area contributed by atoms with E-state index < -0.39 is 0 Å². The fraction of sp³-hybridized carbons (Fsp3) is 1.00. The molecule has 2 saturated carbocycles. The van der Waals surface area contributed by atoms with E-state index in [9.17, 15) is 0 Å². The Kier molecular flexibility index (Phi) is 2.50. The summed E-state index contributed by atoms with van der Waals surface area (Å²) in [6, 6.07) is 1.49. The Balaban J connectivity index is 1.47. The van der Waals surface area contributed by atoms with E-state index in [1.54, 1.807) is 0 Å². The zero-order valence-electron chi connectivity index (χ0n) is 8.87. The molecule has 14 heavy (non-hydrogen) atoms. The fourth-order valence-corrected chi connectivity index (χ4v) is 3.04. The predicted molar refractivity (Wildman–Crippen MR) is 56.2 cm³/mol. The molecule has 80 valence electrons. The van der Waals surface area contributed by atoms with Crippen LogP contribution in [0.3, 0.4) is 0 Å². The smallest absolute Gasteiger partial charge is 0.0643 e. The van der Waals surface area contributed by atoms with E-state index in [4.69, 9.17) is 4.74 Å². The number of ether oxygens (including phenoxy) is 1. The Morgan fingerprint density at radius 1 is 0.857 bits per heavy atom. The van der Waals surface area contributed by atoms with Gasteiger partial charge in [-0.2, -0.15) is 0 Å². The van der Waals surface area contributed by atoms with E-state index in [1.807, 2.05) is 0 Å². The van der Waals surface area contributed by atoms with Crippen molar-refractivity contribution in [2.75, 3.05) is 13.2 Å². The maximum absolute atomic E-state index is 5.20. The van der Waals surface area contributed by atoms with Crippen molar-refractivity contribution in [2.24, 2.45) is 11.8 Å². The molecular formula is C12H21NO. The number of hydrogen-bond donors (Lipinski definition) is 1. The predicted octanol–water partition coefficient (Wildman–Crippen LogP) is 1.94. The van der Waals surface area contributed by atoms with Crippen LogP contribution in [0.5, 0.6) is 0 Å². The van der Waals surface area contributed by atoms with Crippen LogP contribution in [0.4, 0.5) is 0 Å². The maximum atomic E-state index is 5.20. The summed E-state index contributed by atoms with van der Waals surface area (Å²) >= 11 is 0. The minimum Gasteiger partial charge on any atom is -0.378 e. The van der Waals surface area contributed by atoms with E-state index in [0.29, 0.717) is 6.04 Å². The Labute approximate surface area is 86.4 Å². The highest BCUT2D eigenvalue weighted by Gasteiger charge is 2.35. The first-order valence-electron chi connectivity index (χ1n) is 6.25. The number of hydrogen-bond acceptors (Lipinski definition) is 2. The average Bonchev–Trinajstić information content (AvgIpc) is 2.95. The second kappa shape index (κ2) is 3.82. The molecule has 2 atom stereocenters. The first kappa shape index (κ1) is 9.17. The van der Waals surface area contributed by atoms with Crippen LogP contribution in [0, 0.1) is 11.8 Å². The van der Waals surface area contributed by atoms with Crippen LogP contribution in [0.1, 0.15) is 38.5 Å². The summed E-state index contributed by atoms with van der Waals surface area (Å²) in [4.78, 5) is 0. The van der Waals surface area contributed by atoms with Gasteiger partial charge in [0.1, 0.15) is 0 Å². The van der Waals surface area contributed by atoms with E-state index in [1.165, 1.54) is 38.5 Å². The van der Waals surface area contributed by atoms with Crippen molar-refractivity contribution in [3.8, 4) is 0 Å². The summed E-state index contributed by atoms with van der Waals surface area (Å²) in [5, 5.41) is 3.74. The van der Waals surface area contributed by atoms with Crippen molar-refractivity contribution in [3.05, 3.63) is 0 Å². The molecule has 1 saturated heterocycles. The third-order valence-electron chi connectivity index (χ3n) is 4.11. The first-order valence-corrected chi connectivity index (χ1v) is 6.25. The van der Waals surface area contributed by atoms with Crippen molar-refractivity contribution < 1.29 is 4.74 Å². The second-order valence-corrected chi connectivity index (χ2v) is 5.36. The lowest BCUT2D eigenvalue weighted by Gasteiger charge is -2.36. The molecule has 0 radical (unpaired) electrons. The molecule has 0 amide bonds. The highest BCUT2D eigenvalue weighted by atomic mass is 16.5. The van der Waals surface area contributed by atoms with Crippen LogP contribution in [0.2, 0.25) is 0 Å². The van der Waals surface area contributed by atoms with Gasteiger partial charge in [0.2, 0.25) is 0 Å². The van der Waals surface area contributed by atoms with Gasteiger partial charge in [-0.15, -0.1) is 0 Å². The Hall–Kier alpha value is -0.0800. The molecule has 0 aromatic carbocycles. The van der Waals surface area contributed by atoms with Crippen molar-refractivity contribution in [3.63, 3.8) is 0 Å². The van der Waals surface area contributed by atoms with Gasteiger partial charge in [-0.05, 0) is 37.5 Å². The van der Waals surface area contributed by atoms with Gasteiger partial charge in [0.15, 0.2) is 0 Å². The van der Waals surface area contributed by atoms with Crippen LogP contribution in [-0.2, 0) is 4.74 Å². The molecule has 2 unspecified atom stereocenters. The standard InChI is InChI=1S/C12H21NO/c1-2-10(9-4-5-9)6-11(3-1)13-12-7-14-8-12/h9-13H,1-8H2. The molecule has 2 nitrogen and oxygen atoms in total. The lowest BCUT2D eigenvalue weighted by atomic mass is 9.82. The minimum atomic E-state index is 0.679. The van der Waals surface area contributed by atoms with Crippen molar-refractivity contribution in [1.82, 2.24) is 5.32 Å². The van der Waals surface area contributed by atoms with Crippen LogP contribution >= 0.6 is 0 Å². The summed E-state index contributed by atoms with van der Waals surface area (Å²) in [5.74, 6) is 2.17. The highest BCUT2D eigenvalue weighted by Crippen LogP contribution is 2.43. The van der Waals surface area contributed by atoms with Gasteiger partial charge in [0.05, 0.1) is 19.3 Å². The van der Waals surface area contributed by atoms with Crippen LogP contribution in [0.15, 0.2) is 0 Å². The van der Waals surface area contributed by atoms with Gasteiger partial charge in [0.25, 0.3) is 0 Å². The Bertz CT molecular complexity index is 198. The van der Waals surface area contributed by atoms with Gasteiger partial charge in [-0.1, -0.05) is 12.8 Å². The van der Waals surface area contributed by atoms with Crippen LogP contribution in [-0.4, -0.2) is 25.3 Å². The first-order chi connectivity index (χ1) is 6.92. The molecule has 2 heteroatoms. The van der Waals surface area contributed by atoms with Gasteiger partial charge < -0.3 is 10.1 Å². The lowest BCUT2D eigenvalue weighted by molar-refractivity contribution is -0.0134. The topological polar surface area (TPSA) is 21.3 Å². The van der Waals surface area contributed by atoms with Crippen LogP contribution in [0.25, 0.3) is 0 Å². The third-order valence-corrected chi connectivity index (χ3v) is 4.11. The summed E-state index contributed by atoms with van der Waals surface area (Å²) in [7, 11) is 0. The number of rotatable bonds is 3. The van der Waals surface area contributed by atoms with Gasteiger partial charge >= 0.3 is 0 Å². The molecule has 3 fully saturated rings. The molecule has 2 aliphatic carbocycles. The SMILES string of the molecule is C1CC(NC2COC2)CC(C2CC2)C1. The minimum absolute atomic E-state index is 0.679. The molecule has 1 aliphatic heterocycles. The lowest BCUT2D eigenvalue weighted by Crippen LogP contribution is -2.51. The largest absolute Gasteiger partial charge is 0.378 e. The molecule has 0 spiro atoms. The average molecular weight is 195 g/mol. The van der Waals surface area contributed by atoms with E-state index >= 15 is 0 Å². The normalized spacial score (nSPS) is 39.4. The van der Waals surface area contributed by atoms with Crippen molar-refractivity contribution in [1.29, 1.82) is 0 Å². The number of nitrogens with one attached hydrogen (secondary N) is 1. The summed E-state index contributed by atoms with van der Waals surface area (Å²) in [6.45, 7) is 1.90. The van der Waals surface area contributed by atoms with Gasteiger partial charge in [-0.3, -0.25) is 0 Å². The quantitative estimate of drug-likeness (QED) is 0.743. The maximum Gasteiger partial charge on any atom is 0.0643 e. The van der Waals surface area contributed by atoms with E-state index in [2.05, 4.69) is 5.32 Å². The monoisotopic (exact) mass is 195 g/mol. The third kappa shape index (κ3) is 1.96. The van der Waals surface area contributed by atoms with Crippen molar-refractivity contribution >= 4 is 0 Å². The molecule has 3 rings (SSSR count). The molecule has 1 heterocycles. The zero-order valence-corrected chi connectivity index (χ0v) is 8.87. The fourth-order valence-electron chi connectivity index (χ4n) is 3.04. The summed E-state index contributed by atoms with van der Waals surface area (Å²) in [5.41, 5.74) is 0. The van der Waals surface area contributed by atoms with Gasteiger partial charge in [0, 0.05) is 6.04 Å². The van der Waals surface area contributed by atoms with E-state index in [0.717, 1.165) is 31.1 Å². The molecule has 1 N–H and O–H groups in total. The highest BCUT2D eigenvalue weighted by molar-refractivity contribution is 4.89. The molecule has 0 aromatic rings. The second-order valence-electron chi connectivity index (χ2n) is 5.36. The van der Waals surface area contributed by atoms with Crippen LogP contribution < -0.4 is 5.32 Å². The summed E-state index contributed by atoms with van der Waals surface area (Å²) < 4.78 is 5.20. The molecule has 3 aliphatic rings. The molecular weight excluding hydrogens is 174 g/mol. The Morgan fingerprint density at radius 2 is 1.71 bits per heavy atom. The zero-order chi connectivity index (χ0) is 9.38. The molecule has 0 aromatic heterocycles. The van der Waals surface area contributed by atoms with E-state index in [-0.39, 0.29) is 0 Å². The summed E-state index contributed by atoms with van der Waals surface area (Å²) in [6.07, 6.45) is 8.84. The van der Waals surface area contributed by atoms with Crippen molar-refractivity contribution in [2.45, 2.75) is 50.6 Å². The molecule has 0 bridgehead atoms.